The Hall–Kier alpha value is -3.08. The third kappa shape index (κ3) is 3.58. The highest BCUT2D eigenvalue weighted by molar-refractivity contribution is 5.63. The van der Waals surface area contributed by atoms with Crippen LogP contribution in [0.4, 0.5) is 5.69 Å². The molecular weight excluding hydrogens is 290 g/mol. The smallest absolute Gasteiger partial charge is 0.251 e. The molecule has 0 radical (unpaired) electrons. The van der Waals surface area contributed by atoms with Gasteiger partial charge in [0.2, 0.25) is 0 Å². The molecule has 0 aliphatic heterocycles. The number of ether oxygens (including phenoxy) is 1. The summed E-state index contributed by atoms with van der Waals surface area (Å²) in [5.74, 6) is 1.41. The van der Waals surface area contributed by atoms with E-state index in [2.05, 4.69) is 9.97 Å². The minimum Gasteiger partial charge on any atom is -0.497 e. The lowest BCUT2D eigenvalue weighted by atomic mass is 10.1. The molecule has 0 aliphatic rings. The average molecular weight is 307 g/mol. The molecular formula is C18H17N3O2. The molecule has 0 bridgehead atoms. The van der Waals surface area contributed by atoms with E-state index in [-0.39, 0.29) is 5.56 Å². The van der Waals surface area contributed by atoms with E-state index in [9.17, 15) is 4.79 Å². The standard InChI is InChI=1S/C18H17N3O2/c1-23-15-7-5-12(6-8-15)9-17-20-16(11-18(22)21-17)13-3-2-4-14(19)10-13/h2-8,10-11H,9,19H2,1H3,(H,20,21,22). The number of anilines is 1. The molecule has 23 heavy (non-hydrogen) atoms. The van der Waals surface area contributed by atoms with Crippen LogP contribution in [0.25, 0.3) is 11.3 Å². The van der Waals surface area contributed by atoms with Gasteiger partial charge < -0.3 is 15.5 Å². The van der Waals surface area contributed by atoms with Crippen molar-refractivity contribution in [3.8, 4) is 17.0 Å². The lowest BCUT2D eigenvalue weighted by Crippen LogP contribution is -2.11. The summed E-state index contributed by atoms with van der Waals surface area (Å²) in [6.07, 6.45) is 0.537. The Bertz CT molecular complexity index is 870. The Kier molecular flexibility index (Phi) is 4.10. The zero-order valence-corrected chi connectivity index (χ0v) is 12.7. The van der Waals surface area contributed by atoms with Gasteiger partial charge in [0, 0.05) is 23.7 Å². The second-order valence-electron chi connectivity index (χ2n) is 5.23. The molecule has 0 saturated heterocycles. The number of nitrogens with zero attached hydrogens (tertiary/aromatic N) is 1. The summed E-state index contributed by atoms with van der Waals surface area (Å²) in [7, 11) is 1.63. The summed E-state index contributed by atoms with van der Waals surface area (Å²) in [4.78, 5) is 19.2. The molecule has 3 aromatic rings. The van der Waals surface area contributed by atoms with Crippen molar-refractivity contribution in [3.05, 3.63) is 76.3 Å². The summed E-state index contributed by atoms with van der Waals surface area (Å²) < 4.78 is 5.14. The minimum atomic E-state index is -0.180. The van der Waals surface area contributed by atoms with Crippen LogP contribution < -0.4 is 16.0 Å². The number of aromatic amines is 1. The molecule has 0 aliphatic carbocycles. The van der Waals surface area contributed by atoms with Crippen LogP contribution in [0.15, 0.2) is 59.4 Å². The Morgan fingerprint density at radius 1 is 1.13 bits per heavy atom. The molecule has 3 N–H and O–H groups in total. The van der Waals surface area contributed by atoms with Crippen molar-refractivity contribution in [2.45, 2.75) is 6.42 Å². The number of hydrogen-bond donors (Lipinski definition) is 2. The second kappa shape index (κ2) is 6.36. The van der Waals surface area contributed by atoms with Crippen molar-refractivity contribution in [1.29, 1.82) is 0 Å². The fourth-order valence-corrected chi connectivity index (χ4v) is 2.37. The van der Waals surface area contributed by atoms with Crippen LogP contribution in [0.5, 0.6) is 5.75 Å². The van der Waals surface area contributed by atoms with Gasteiger partial charge in [-0.1, -0.05) is 24.3 Å². The third-order valence-electron chi connectivity index (χ3n) is 3.50. The fraction of sp³-hybridized carbons (Fsp3) is 0.111. The molecule has 116 valence electrons. The number of nitrogens with one attached hydrogen (secondary N) is 1. The first-order chi connectivity index (χ1) is 11.1. The molecule has 0 atom stereocenters. The van der Waals surface area contributed by atoms with Crippen LogP contribution in [0, 0.1) is 0 Å². The Morgan fingerprint density at radius 2 is 1.91 bits per heavy atom. The Morgan fingerprint density at radius 3 is 2.61 bits per heavy atom. The number of rotatable bonds is 4. The lowest BCUT2D eigenvalue weighted by Gasteiger charge is -2.06. The second-order valence-corrected chi connectivity index (χ2v) is 5.23. The van der Waals surface area contributed by atoms with E-state index in [1.165, 1.54) is 6.07 Å². The van der Waals surface area contributed by atoms with Gasteiger partial charge in [0.25, 0.3) is 5.56 Å². The topological polar surface area (TPSA) is 81.0 Å². The van der Waals surface area contributed by atoms with E-state index in [1.54, 1.807) is 19.2 Å². The van der Waals surface area contributed by atoms with Crippen LogP contribution in [-0.4, -0.2) is 17.1 Å². The molecule has 5 nitrogen and oxygen atoms in total. The first-order valence-electron chi connectivity index (χ1n) is 7.23. The monoisotopic (exact) mass is 307 g/mol. The van der Waals surface area contributed by atoms with Crippen LogP contribution in [0.2, 0.25) is 0 Å². The van der Waals surface area contributed by atoms with Crippen molar-refractivity contribution in [2.75, 3.05) is 12.8 Å². The van der Waals surface area contributed by atoms with E-state index >= 15 is 0 Å². The molecule has 0 amide bonds. The maximum absolute atomic E-state index is 11.9. The fourth-order valence-electron chi connectivity index (χ4n) is 2.37. The molecule has 0 unspecified atom stereocenters. The van der Waals surface area contributed by atoms with E-state index in [0.717, 1.165) is 16.9 Å². The molecule has 0 fully saturated rings. The number of aromatic nitrogens is 2. The van der Waals surface area contributed by atoms with Crippen LogP contribution in [-0.2, 0) is 6.42 Å². The molecule has 2 aromatic carbocycles. The van der Waals surface area contributed by atoms with Gasteiger partial charge in [0.1, 0.15) is 11.6 Å². The van der Waals surface area contributed by atoms with Gasteiger partial charge in [0.15, 0.2) is 0 Å². The number of hydrogen-bond acceptors (Lipinski definition) is 4. The number of nitrogen functional groups attached to an aromatic ring is 1. The molecule has 5 heteroatoms. The van der Waals surface area contributed by atoms with Gasteiger partial charge in [-0.25, -0.2) is 4.98 Å². The van der Waals surface area contributed by atoms with Gasteiger partial charge in [-0.2, -0.15) is 0 Å². The van der Waals surface area contributed by atoms with Crippen molar-refractivity contribution in [2.24, 2.45) is 0 Å². The van der Waals surface area contributed by atoms with Gasteiger partial charge in [0.05, 0.1) is 12.8 Å². The number of methoxy groups -OCH3 is 1. The summed E-state index contributed by atoms with van der Waals surface area (Å²) >= 11 is 0. The van der Waals surface area contributed by atoms with Gasteiger partial charge in [-0.15, -0.1) is 0 Å². The van der Waals surface area contributed by atoms with E-state index in [0.29, 0.717) is 23.6 Å². The van der Waals surface area contributed by atoms with Gasteiger partial charge in [-0.05, 0) is 29.8 Å². The Labute approximate surface area is 133 Å². The number of H-pyrrole nitrogens is 1. The van der Waals surface area contributed by atoms with Crippen molar-refractivity contribution < 1.29 is 4.74 Å². The highest BCUT2D eigenvalue weighted by atomic mass is 16.5. The molecule has 3 rings (SSSR count). The first-order valence-corrected chi connectivity index (χ1v) is 7.23. The largest absolute Gasteiger partial charge is 0.497 e. The molecule has 0 saturated carbocycles. The highest BCUT2D eigenvalue weighted by Crippen LogP contribution is 2.19. The van der Waals surface area contributed by atoms with E-state index in [1.807, 2.05) is 36.4 Å². The Balaban J connectivity index is 1.92. The number of nitrogens with two attached hydrogens (primary N) is 1. The average Bonchev–Trinajstić information content (AvgIpc) is 2.55. The van der Waals surface area contributed by atoms with Gasteiger partial charge >= 0.3 is 0 Å². The SMILES string of the molecule is COc1ccc(Cc2nc(-c3cccc(N)c3)cc(=O)[nH]2)cc1. The van der Waals surface area contributed by atoms with Crippen molar-refractivity contribution >= 4 is 5.69 Å². The molecule has 0 spiro atoms. The van der Waals surface area contributed by atoms with Gasteiger partial charge in [-0.3, -0.25) is 4.79 Å². The van der Waals surface area contributed by atoms with E-state index < -0.39 is 0 Å². The third-order valence-corrected chi connectivity index (χ3v) is 3.50. The van der Waals surface area contributed by atoms with Crippen LogP contribution in [0.3, 0.4) is 0 Å². The first kappa shape index (κ1) is 14.8. The summed E-state index contributed by atoms with van der Waals surface area (Å²) in [5, 5.41) is 0. The van der Waals surface area contributed by atoms with Crippen molar-refractivity contribution in [3.63, 3.8) is 0 Å². The normalized spacial score (nSPS) is 10.5. The van der Waals surface area contributed by atoms with E-state index in [4.69, 9.17) is 10.5 Å². The maximum atomic E-state index is 11.9. The summed E-state index contributed by atoms with van der Waals surface area (Å²) in [5.41, 5.74) is 8.74. The maximum Gasteiger partial charge on any atom is 0.251 e. The van der Waals surface area contributed by atoms with Crippen molar-refractivity contribution in [1.82, 2.24) is 9.97 Å². The molecule has 1 heterocycles. The van der Waals surface area contributed by atoms with Crippen LogP contribution >= 0.6 is 0 Å². The lowest BCUT2D eigenvalue weighted by molar-refractivity contribution is 0.414. The quantitative estimate of drug-likeness (QED) is 0.726. The molecule has 1 aromatic heterocycles. The summed E-state index contributed by atoms with van der Waals surface area (Å²) in [6.45, 7) is 0. The predicted octanol–water partition coefficient (Wildman–Crippen LogP) is 2.62. The zero-order chi connectivity index (χ0) is 16.2. The highest BCUT2D eigenvalue weighted by Gasteiger charge is 2.06. The minimum absolute atomic E-state index is 0.180. The van der Waals surface area contributed by atoms with Crippen LogP contribution in [0.1, 0.15) is 11.4 Å². The number of benzene rings is 2. The summed E-state index contributed by atoms with van der Waals surface area (Å²) in [6, 6.07) is 16.5. The zero-order valence-electron chi connectivity index (χ0n) is 12.7. The predicted molar refractivity (Wildman–Crippen MR) is 90.5 cm³/mol.